The van der Waals surface area contributed by atoms with Gasteiger partial charge in [-0.25, -0.2) is 8.42 Å². The summed E-state index contributed by atoms with van der Waals surface area (Å²) in [6.07, 6.45) is 2.27. The van der Waals surface area contributed by atoms with Gasteiger partial charge in [-0.05, 0) is 42.3 Å². The predicted molar refractivity (Wildman–Crippen MR) is 119 cm³/mol. The van der Waals surface area contributed by atoms with Crippen LogP contribution in [-0.4, -0.2) is 20.5 Å². The van der Waals surface area contributed by atoms with E-state index in [1.165, 1.54) is 6.20 Å². The van der Waals surface area contributed by atoms with Crippen LogP contribution in [-0.2, 0) is 16.3 Å². The zero-order chi connectivity index (χ0) is 21.1. The van der Waals surface area contributed by atoms with E-state index in [1.807, 2.05) is 67.6 Å². The lowest BCUT2D eigenvalue weighted by Crippen LogP contribution is -2.07. The summed E-state index contributed by atoms with van der Waals surface area (Å²) < 4.78 is 32.3. The Kier molecular flexibility index (Phi) is 5.42. The molecule has 1 aromatic heterocycles. The molecule has 1 heterocycles. The second kappa shape index (κ2) is 8.16. The van der Waals surface area contributed by atoms with Crippen molar-refractivity contribution in [2.75, 3.05) is 12.4 Å². The summed E-state index contributed by atoms with van der Waals surface area (Å²) in [5.41, 5.74) is 3.01. The van der Waals surface area contributed by atoms with Crippen LogP contribution >= 0.6 is 0 Å². The third kappa shape index (κ3) is 3.74. The number of methoxy groups -OCH3 is 1. The molecule has 0 bridgehead atoms. The molecule has 0 aliphatic heterocycles. The van der Waals surface area contributed by atoms with Crippen LogP contribution in [0, 0.1) is 0 Å². The van der Waals surface area contributed by atoms with Gasteiger partial charge in [0.2, 0.25) is 9.84 Å². The monoisotopic (exact) mass is 418 g/mol. The summed E-state index contributed by atoms with van der Waals surface area (Å²) >= 11 is 0. The Morgan fingerprint density at radius 3 is 2.47 bits per heavy atom. The first kappa shape index (κ1) is 19.9. The molecule has 0 saturated heterocycles. The van der Waals surface area contributed by atoms with Crippen LogP contribution in [0.15, 0.2) is 88.8 Å². The number of nitrogens with zero attached hydrogens (tertiary/aromatic N) is 1. The highest BCUT2D eigenvalue weighted by atomic mass is 32.2. The Bertz CT molecular complexity index is 1300. The molecule has 0 amide bonds. The normalized spacial score (nSPS) is 11.4. The summed E-state index contributed by atoms with van der Waals surface area (Å²) in [6, 6.07) is 21.8. The Hall–Kier alpha value is -3.38. The molecule has 30 heavy (non-hydrogen) atoms. The molecule has 0 aliphatic carbocycles. The van der Waals surface area contributed by atoms with Gasteiger partial charge in [-0.15, -0.1) is 0 Å². The fraction of sp³-hybridized carbons (Fsp3) is 0.125. The van der Waals surface area contributed by atoms with Gasteiger partial charge in [-0.2, -0.15) is 0 Å². The number of aryl methyl sites for hydroxylation is 1. The number of fused-ring (bicyclic) bond motifs is 1. The highest BCUT2D eigenvalue weighted by molar-refractivity contribution is 7.91. The summed E-state index contributed by atoms with van der Waals surface area (Å²) in [6.45, 7) is 2.03. The number of nitrogens with one attached hydrogen (secondary N) is 1. The molecule has 3 aromatic carbocycles. The maximum Gasteiger partial charge on any atom is 0.210 e. The Morgan fingerprint density at radius 1 is 0.967 bits per heavy atom. The van der Waals surface area contributed by atoms with E-state index >= 15 is 0 Å². The SMILES string of the molecule is CCc1ccc(S(=O)(=O)c2cnc3ccccc3c2Nc2cccc(OC)c2)cc1. The van der Waals surface area contributed by atoms with Crippen molar-refractivity contribution >= 4 is 32.1 Å². The zero-order valence-corrected chi connectivity index (χ0v) is 17.6. The van der Waals surface area contributed by atoms with Crippen molar-refractivity contribution in [2.45, 2.75) is 23.1 Å². The molecule has 5 nitrogen and oxygen atoms in total. The molecule has 0 saturated carbocycles. The highest BCUT2D eigenvalue weighted by Crippen LogP contribution is 2.35. The Morgan fingerprint density at radius 2 is 1.73 bits per heavy atom. The molecule has 0 atom stereocenters. The molecule has 4 rings (SSSR count). The number of para-hydroxylation sites is 1. The molecule has 6 heteroatoms. The molecule has 0 radical (unpaired) electrons. The fourth-order valence-electron chi connectivity index (χ4n) is 3.33. The highest BCUT2D eigenvalue weighted by Gasteiger charge is 2.24. The van der Waals surface area contributed by atoms with Gasteiger partial charge in [-0.3, -0.25) is 4.98 Å². The molecule has 0 unspecified atom stereocenters. The molecule has 4 aromatic rings. The third-order valence-corrected chi connectivity index (χ3v) is 6.79. The number of benzene rings is 3. The first-order valence-corrected chi connectivity index (χ1v) is 11.1. The minimum absolute atomic E-state index is 0.133. The quantitative estimate of drug-likeness (QED) is 0.455. The fourth-order valence-corrected chi connectivity index (χ4v) is 4.70. The van der Waals surface area contributed by atoms with E-state index in [9.17, 15) is 8.42 Å². The number of sulfone groups is 1. The van der Waals surface area contributed by atoms with E-state index in [1.54, 1.807) is 19.2 Å². The summed E-state index contributed by atoms with van der Waals surface area (Å²) in [5, 5.41) is 4.02. The number of anilines is 2. The Labute approximate surface area is 176 Å². The van der Waals surface area contributed by atoms with E-state index in [-0.39, 0.29) is 9.79 Å². The first-order valence-electron chi connectivity index (χ1n) is 9.66. The van der Waals surface area contributed by atoms with Crippen molar-refractivity contribution in [1.29, 1.82) is 0 Å². The van der Waals surface area contributed by atoms with Crippen molar-refractivity contribution in [2.24, 2.45) is 0 Å². The van der Waals surface area contributed by atoms with Crippen LogP contribution in [0.5, 0.6) is 5.75 Å². The van der Waals surface area contributed by atoms with Gasteiger partial charge in [0.05, 0.1) is 23.2 Å². The number of rotatable bonds is 6. The second-order valence-corrected chi connectivity index (χ2v) is 8.79. The average Bonchev–Trinajstić information content (AvgIpc) is 2.79. The number of hydrogen-bond acceptors (Lipinski definition) is 5. The van der Waals surface area contributed by atoms with Crippen LogP contribution in [0.25, 0.3) is 10.9 Å². The standard InChI is InChI=1S/C24H22N2O3S/c1-3-17-11-13-20(14-12-17)30(27,28)23-16-25-22-10-5-4-9-21(22)24(23)26-18-7-6-8-19(15-18)29-2/h4-16H,3H2,1-2H3,(H,25,26). The largest absolute Gasteiger partial charge is 0.497 e. The number of hydrogen-bond donors (Lipinski definition) is 1. The van der Waals surface area contributed by atoms with Crippen LogP contribution in [0.1, 0.15) is 12.5 Å². The average molecular weight is 419 g/mol. The lowest BCUT2D eigenvalue weighted by molar-refractivity contribution is 0.415. The van der Waals surface area contributed by atoms with Gasteiger partial charge in [0, 0.05) is 23.3 Å². The molecule has 152 valence electrons. The van der Waals surface area contributed by atoms with Crippen molar-refractivity contribution < 1.29 is 13.2 Å². The summed E-state index contributed by atoms with van der Waals surface area (Å²) in [4.78, 5) is 4.77. The predicted octanol–water partition coefficient (Wildman–Crippen LogP) is 5.38. The van der Waals surface area contributed by atoms with E-state index in [2.05, 4.69) is 10.3 Å². The van der Waals surface area contributed by atoms with E-state index in [4.69, 9.17) is 4.74 Å². The number of ether oxygens (including phenoxy) is 1. The van der Waals surface area contributed by atoms with E-state index < -0.39 is 9.84 Å². The number of aromatic nitrogens is 1. The van der Waals surface area contributed by atoms with Gasteiger partial charge in [0.25, 0.3) is 0 Å². The number of pyridine rings is 1. The van der Waals surface area contributed by atoms with Gasteiger partial charge in [0.1, 0.15) is 10.6 Å². The molecule has 0 spiro atoms. The topological polar surface area (TPSA) is 68.3 Å². The van der Waals surface area contributed by atoms with Crippen molar-refractivity contribution in [3.05, 3.63) is 84.6 Å². The molecule has 0 fully saturated rings. The smallest absolute Gasteiger partial charge is 0.210 e. The molecular weight excluding hydrogens is 396 g/mol. The lowest BCUT2D eigenvalue weighted by Gasteiger charge is -2.16. The molecular formula is C24H22N2O3S. The van der Waals surface area contributed by atoms with E-state index in [0.29, 0.717) is 17.0 Å². The molecule has 1 N–H and O–H groups in total. The van der Waals surface area contributed by atoms with Crippen molar-refractivity contribution in [1.82, 2.24) is 4.98 Å². The van der Waals surface area contributed by atoms with E-state index in [0.717, 1.165) is 23.1 Å². The zero-order valence-electron chi connectivity index (χ0n) is 16.8. The van der Waals surface area contributed by atoms with Crippen molar-refractivity contribution in [3.8, 4) is 5.75 Å². The van der Waals surface area contributed by atoms with Gasteiger partial charge in [0.15, 0.2) is 0 Å². The summed E-state index contributed by atoms with van der Waals surface area (Å²) in [7, 11) is -2.18. The van der Waals surface area contributed by atoms with Crippen LogP contribution in [0.4, 0.5) is 11.4 Å². The minimum Gasteiger partial charge on any atom is -0.497 e. The molecule has 0 aliphatic rings. The van der Waals surface area contributed by atoms with Crippen LogP contribution < -0.4 is 10.1 Å². The summed E-state index contributed by atoms with van der Waals surface area (Å²) in [5.74, 6) is 0.679. The second-order valence-electron chi connectivity index (χ2n) is 6.87. The first-order chi connectivity index (χ1) is 14.5. The van der Waals surface area contributed by atoms with Crippen LogP contribution in [0.3, 0.4) is 0 Å². The lowest BCUT2D eigenvalue weighted by atomic mass is 10.2. The van der Waals surface area contributed by atoms with Crippen LogP contribution in [0.2, 0.25) is 0 Å². The maximum atomic E-state index is 13.5. The minimum atomic E-state index is -3.78. The third-order valence-electron chi connectivity index (χ3n) is 5.01. The van der Waals surface area contributed by atoms with Gasteiger partial charge < -0.3 is 10.1 Å². The van der Waals surface area contributed by atoms with Gasteiger partial charge in [-0.1, -0.05) is 43.3 Å². The maximum absolute atomic E-state index is 13.5. The Balaban J connectivity index is 1.89. The van der Waals surface area contributed by atoms with Gasteiger partial charge >= 0.3 is 0 Å². The van der Waals surface area contributed by atoms with Crippen molar-refractivity contribution in [3.63, 3.8) is 0 Å².